The Bertz CT molecular complexity index is 961. The van der Waals surface area contributed by atoms with E-state index < -0.39 is 0 Å². The molecule has 4 rings (SSSR count). The second-order valence-electron chi connectivity index (χ2n) is 6.91. The molecule has 134 valence electrons. The van der Waals surface area contributed by atoms with Crippen molar-refractivity contribution in [2.75, 3.05) is 7.11 Å². The van der Waals surface area contributed by atoms with E-state index in [1.54, 1.807) is 7.11 Å². The molecule has 5 heteroatoms. The summed E-state index contributed by atoms with van der Waals surface area (Å²) in [7, 11) is 1.65. The summed E-state index contributed by atoms with van der Waals surface area (Å²) in [5.74, 6) is 0.887. The molecule has 1 aliphatic rings. The van der Waals surface area contributed by atoms with Crippen LogP contribution >= 0.6 is 0 Å². The number of pyridine rings is 1. The third-order valence-corrected chi connectivity index (χ3v) is 5.13. The number of hydrogen-bond acceptors (Lipinski definition) is 3. The summed E-state index contributed by atoms with van der Waals surface area (Å²) in [5.41, 5.74) is 5.46. The quantitative estimate of drug-likeness (QED) is 0.787. The molecule has 0 bridgehead atoms. The van der Waals surface area contributed by atoms with Crippen molar-refractivity contribution in [3.05, 3.63) is 65.1 Å². The molecule has 5 nitrogen and oxygen atoms in total. The fraction of sp³-hybridized carbons (Fsp3) is 0.333. The molecule has 0 saturated heterocycles. The Morgan fingerprint density at radius 1 is 1.31 bits per heavy atom. The van der Waals surface area contributed by atoms with E-state index in [1.165, 1.54) is 11.3 Å². The third kappa shape index (κ3) is 3.05. The first-order valence-electron chi connectivity index (χ1n) is 9.02. The number of fused-ring (bicyclic) bond motifs is 3. The second kappa shape index (κ2) is 6.83. The van der Waals surface area contributed by atoms with Gasteiger partial charge < -0.3 is 14.5 Å². The number of aromatic nitrogens is 2. The summed E-state index contributed by atoms with van der Waals surface area (Å²) >= 11 is 0. The van der Waals surface area contributed by atoms with Crippen LogP contribution in [0.2, 0.25) is 0 Å². The van der Waals surface area contributed by atoms with Crippen LogP contribution in [0.15, 0.2) is 42.6 Å². The third-order valence-electron chi connectivity index (χ3n) is 5.13. The summed E-state index contributed by atoms with van der Waals surface area (Å²) < 4.78 is 7.50. The van der Waals surface area contributed by atoms with E-state index in [-0.39, 0.29) is 11.8 Å². The average Bonchev–Trinajstić information content (AvgIpc) is 3.03. The number of aryl methyl sites for hydroxylation is 2. The zero-order valence-electron chi connectivity index (χ0n) is 15.2. The summed E-state index contributed by atoms with van der Waals surface area (Å²) in [6, 6.07) is 11.9. The van der Waals surface area contributed by atoms with Crippen molar-refractivity contribution >= 4 is 11.6 Å². The maximum atomic E-state index is 12.7. The molecule has 0 fully saturated rings. The first-order chi connectivity index (χ1) is 12.7. The number of carbonyl (C=O) groups excluding carboxylic acids is 1. The topological polar surface area (TPSA) is 55.6 Å². The average molecular weight is 349 g/mol. The largest absolute Gasteiger partial charge is 0.496 e. The molecule has 1 aliphatic carbocycles. The summed E-state index contributed by atoms with van der Waals surface area (Å²) in [4.78, 5) is 17.4. The normalized spacial score (nSPS) is 16.3. The van der Waals surface area contributed by atoms with Gasteiger partial charge in [-0.15, -0.1) is 0 Å². The van der Waals surface area contributed by atoms with E-state index in [0.717, 1.165) is 41.9 Å². The van der Waals surface area contributed by atoms with Gasteiger partial charge in [-0.1, -0.05) is 24.3 Å². The van der Waals surface area contributed by atoms with Crippen LogP contribution in [0.25, 0.3) is 5.65 Å². The van der Waals surface area contributed by atoms with Gasteiger partial charge in [-0.25, -0.2) is 4.98 Å². The van der Waals surface area contributed by atoms with Crippen molar-refractivity contribution in [2.45, 2.75) is 32.7 Å². The monoisotopic (exact) mass is 349 g/mol. The minimum absolute atomic E-state index is 0.0161. The van der Waals surface area contributed by atoms with Gasteiger partial charge >= 0.3 is 0 Å². The Labute approximate surface area is 153 Å². The number of para-hydroxylation sites is 1. The summed E-state index contributed by atoms with van der Waals surface area (Å²) in [6.07, 6.45) is 4.53. The van der Waals surface area contributed by atoms with Crippen LogP contribution in [0.3, 0.4) is 0 Å². The van der Waals surface area contributed by atoms with Crippen LogP contribution in [-0.2, 0) is 24.2 Å². The molecule has 2 aromatic heterocycles. The van der Waals surface area contributed by atoms with Crippen molar-refractivity contribution in [1.82, 2.24) is 14.7 Å². The van der Waals surface area contributed by atoms with Gasteiger partial charge in [0.2, 0.25) is 5.91 Å². The fourth-order valence-electron chi connectivity index (χ4n) is 3.71. The van der Waals surface area contributed by atoms with E-state index in [2.05, 4.69) is 28.9 Å². The van der Waals surface area contributed by atoms with Gasteiger partial charge in [0.25, 0.3) is 0 Å². The lowest BCUT2D eigenvalue weighted by Gasteiger charge is -2.21. The molecule has 0 spiro atoms. The highest BCUT2D eigenvalue weighted by molar-refractivity contribution is 5.79. The van der Waals surface area contributed by atoms with E-state index >= 15 is 0 Å². The maximum absolute atomic E-state index is 12.7. The Hall–Kier alpha value is -2.82. The Kier molecular flexibility index (Phi) is 4.37. The zero-order valence-corrected chi connectivity index (χ0v) is 15.2. The van der Waals surface area contributed by atoms with Crippen LogP contribution < -0.4 is 10.1 Å². The Morgan fingerprint density at radius 2 is 2.15 bits per heavy atom. The highest BCUT2D eigenvalue weighted by Crippen LogP contribution is 2.27. The number of carbonyl (C=O) groups is 1. The standard InChI is InChI=1S/C21H23N3O2/c1-14-7-10-20-23-17-9-8-15(11-18(17)24(20)13-14)21(25)22-12-16-5-3-4-6-19(16)26-2/h3-7,10,13,15H,8-9,11-12H2,1-2H3,(H,22,25). The maximum Gasteiger partial charge on any atom is 0.223 e. The summed E-state index contributed by atoms with van der Waals surface area (Å²) in [6.45, 7) is 2.56. The highest BCUT2D eigenvalue weighted by Gasteiger charge is 2.28. The smallest absolute Gasteiger partial charge is 0.223 e. The van der Waals surface area contributed by atoms with Gasteiger partial charge in [0, 0.05) is 36.3 Å². The number of nitrogens with one attached hydrogen (secondary N) is 1. The molecule has 1 unspecified atom stereocenters. The van der Waals surface area contributed by atoms with E-state index in [4.69, 9.17) is 9.72 Å². The fourth-order valence-corrected chi connectivity index (χ4v) is 3.71. The van der Waals surface area contributed by atoms with Gasteiger partial charge in [0.05, 0.1) is 12.8 Å². The second-order valence-corrected chi connectivity index (χ2v) is 6.91. The first-order valence-corrected chi connectivity index (χ1v) is 9.02. The lowest BCUT2D eigenvalue weighted by Crippen LogP contribution is -2.34. The predicted molar refractivity (Wildman–Crippen MR) is 100 cm³/mol. The molecular formula is C21H23N3O2. The molecule has 1 atom stereocenters. The molecule has 2 heterocycles. The number of imidazole rings is 1. The molecule has 1 amide bonds. The number of ether oxygens (including phenoxy) is 1. The van der Waals surface area contributed by atoms with Gasteiger partial charge in [-0.2, -0.15) is 0 Å². The van der Waals surface area contributed by atoms with Crippen LogP contribution in [-0.4, -0.2) is 22.4 Å². The van der Waals surface area contributed by atoms with Crippen molar-refractivity contribution in [3.63, 3.8) is 0 Å². The van der Waals surface area contributed by atoms with E-state index in [1.807, 2.05) is 30.3 Å². The summed E-state index contributed by atoms with van der Waals surface area (Å²) in [5, 5.41) is 3.08. The van der Waals surface area contributed by atoms with Gasteiger partial charge in [0.1, 0.15) is 11.4 Å². The molecule has 0 aliphatic heterocycles. The number of rotatable bonds is 4. The van der Waals surface area contributed by atoms with E-state index in [9.17, 15) is 4.79 Å². The lowest BCUT2D eigenvalue weighted by molar-refractivity contribution is -0.125. The number of methoxy groups -OCH3 is 1. The minimum Gasteiger partial charge on any atom is -0.496 e. The van der Waals surface area contributed by atoms with E-state index in [0.29, 0.717) is 6.54 Å². The number of benzene rings is 1. The number of nitrogens with zero attached hydrogens (tertiary/aromatic N) is 2. The number of hydrogen-bond donors (Lipinski definition) is 1. The number of amides is 1. The van der Waals surface area contributed by atoms with Gasteiger partial charge in [0.15, 0.2) is 0 Å². The van der Waals surface area contributed by atoms with Crippen LogP contribution in [0.5, 0.6) is 5.75 Å². The van der Waals surface area contributed by atoms with Crippen molar-refractivity contribution in [2.24, 2.45) is 5.92 Å². The van der Waals surface area contributed by atoms with Crippen molar-refractivity contribution in [3.8, 4) is 5.75 Å². The molecule has 1 N–H and O–H groups in total. The molecule has 3 aromatic rings. The van der Waals surface area contributed by atoms with Crippen LogP contribution in [0, 0.1) is 12.8 Å². The first kappa shape index (κ1) is 16.6. The SMILES string of the molecule is COc1ccccc1CNC(=O)C1CCc2nc3ccc(C)cn3c2C1. The highest BCUT2D eigenvalue weighted by atomic mass is 16.5. The van der Waals surface area contributed by atoms with Crippen molar-refractivity contribution in [1.29, 1.82) is 0 Å². The predicted octanol–water partition coefficient (Wildman–Crippen LogP) is 3.07. The Morgan fingerprint density at radius 3 is 3.00 bits per heavy atom. The molecule has 0 saturated carbocycles. The Balaban J connectivity index is 1.49. The minimum atomic E-state index is -0.0161. The molecular weight excluding hydrogens is 326 g/mol. The van der Waals surface area contributed by atoms with Gasteiger partial charge in [-0.05, 0) is 37.5 Å². The lowest BCUT2D eigenvalue weighted by atomic mass is 9.89. The molecule has 0 radical (unpaired) electrons. The molecule has 1 aromatic carbocycles. The van der Waals surface area contributed by atoms with Crippen molar-refractivity contribution < 1.29 is 9.53 Å². The zero-order chi connectivity index (χ0) is 18.1. The van der Waals surface area contributed by atoms with Crippen LogP contribution in [0.4, 0.5) is 0 Å². The molecule has 26 heavy (non-hydrogen) atoms. The van der Waals surface area contributed by atoms with Gasteiger partial charge in [-0.3, -0.25) is 4.79 Å². The van der Waals surface area contributed by atoms with Crippen LogP contribution in [0.1, 0.15) is 28.9 Å².